The van der Waals surface area contributed by atoms with Gasteiger partial charge in [0.15, 0.2) is 5.16 Å². The van der Waals surface area contributed by atoms with Crippen molar-refractivity contribution < 1.29 is 9.72 Å². The van der Waals surface area contributed by atoms with Crippen molar-refractivity contribution in [2.75, 3.05) is 0 Å². The number of carbonyl (C=O) groups is 1. The van der Waals surface area contributed by atoms with E-state index in [0.717, 1.165) is 11.8 Å². The highest BCUT2D eigenvalue weighted by atomic mass is 35.5. The highest BCUT2D eigenvalue weighted by molar-refractivity contribution is 7.99. The van der Waals surface area contributed by atoms with Gasteiger partial charge >= 0.3 is 0 Å². The number of hydrogen-bond acceptors (Lipinski definition) is 7. The molecule has 0 aliphatic carbocycles. The summed E-state index contributed by atoms with van der Waals surface area (Å²) in [4.78, 5) is 31.5. The van der Waals surface area contributed by atoms with Gasteiger partial charge in [0.2, 0.25) is 0 Å². The maximum atomic E-state index is 12.1. The second-order valence-corrected chi connectivity index (χ2v) is 7.29. The molecule has 0 spiro atoms. The molecule has 0 saturated heterocycles. The van der Waals surface area contributed by atoms with Crippen molar-refractivity contribution >= 4 is 52.8 Å². The number of nitro groups is 1. The van der Waals surface area contributed by atoms with Gasteiger partial charge in [-0.1, -0.05) is 29.3 Å². The van der Waals surface area contributed by atoms with Crippen molar-refractivity contribution in [3.05, 3.63) is 86.1 Å². The van der Waals surface area contributed by atoms with E-state index in [1.54, 1.807) is 30.6 Å². The zero-order chi connectivity index (χ0) is 20.8. The molecule has 0 aliphatic heterocycles. The van der Waals surface area contributed by atoms with Crippen molar-refractivity contribution in [1.29, 1.82) is 0 Å². The van der Waals surface area contributed by atoms with Gasteiger partial charge in [-0.25, -0.2) is 15.4 Å². The normalized spacial score (nSPS) is 10.8. The minimum absolute atomic E-state index is 0.126. The van der Waals surface area contributed by atoms with E-state index in [9.17, 15) is 14.9 Å². The van der Waals surface area contributed by atoms with Gasteiger partial charge in [-0.15, -0.1) is 0 Å². The second kappa shape index (κ2) is 9.46. The minimum Gasteiger partial charge on any atom is -0.267 e. The number of nitrogens with one attached hydrogen (secondary N) is 1. The van der Waals surface area contributed by atoms with Crippen LogP contribution in [0.5, 0.6) is 0 Å². The van der Waals surface area contributed by atoms with Crippen LogP contribution in [-0.2, 0) is 0 Å². The Morgan fingerprint density at radius 2 is 1.93 bits per heavy atom. The van der Waals surface area contributed by atoms with Crippen LogP contribution in [0.25, 0.3) is 0 Å². The molecule has 0 fully saturated rings. The van der Waals surface area contributed by atoms with E-state index in [4.69, 9.17) is 23.2 Å². The number of aromatic nitrogens is 2. The summed E-state index contributed by atoms with van der Waals surface area (Å²) >= 11 is 12.9. The molecular formula is C18H11Cl2N5O3S. The van der Waals surface area contributed by atoms with E-state index in [0.29, 0.717) is 20.6 Å². The molecule has 3 rings (SSSR count). The SMILES string of the molecule is O=C(N/N=C/c1ccc(Sc2ncccn2)c([N+](=O)[O-])c1)c1ccc(Cl)cc1Cl. The summed E-state index contributed by atoms with van der Waals surface area (Å²) < 4.78 is 0. The van der Waals surface area contributed by atoms with Crippen molar-refractivity contribution in [2.24, 2.45) is 5.10 Å². The van der Waals surface area contributed by atoms with Crippen LogP contribution in [0.15, 0.2) is 70.0 Å². The van der Waals surface area contributed by atoms with Crippen molar-refractivity contribution in [1.82, 2.24) is 15.4 Å². The van der Waals surface area contributed by atoms with Crippen LogP contribution in [-0.4, -0.2) is 27.0 Å². The molecule has 0 atom stereocenters. The number of hydrazone groups is 1. The molecule has 1 N–H and O–H groups in total. The molecule has 3 aromatic rings. The van der Waals surface area contributed by atoms with E-state index in [-0.39, 0.29) is 16.3 Å². The second-order valence-electron chi connectivity index (χ2n) is 5.44. The first-order chi connectivity index (χ1) is 13.9. The van der Waals surface area contributed by atoms with Gasteiger partial charge in [0, 0.05) is 29.0 Å². The van der Waals surface area contributed by atoms with Crippen LogP contribution in [0.3, 0.4) is 0 Å². The Morgan fingerprint density at radius 3 is 2.62 bits per heavy atom. The lowest BCUT2D eigenvalue weighted by molar-refractivity contribution is -0.387. The average molecular weight is 448 g/mol. The summed E-state index contributed by atoms with van der Waals surface area (Å²) in [6.07, 6.45) is 4.40. The molecule has 1 aromatic heterocycles. The van der Waals surface area contributed by atoms with Gasteiger partial charge in [-0.2, -0.15) is 5.10 Å². The molecule has 2 aromatic carbocycles. The molecule has 0 aliphatic rings. The standard InChI is InChI=1S/C18H11Cl2N5O3S/c19-12-3-4-13(14(20)9-12)17(26)24-23-10-11-2-5-16(15(8-11)25(27)28)29-18-21-6-1-7-22-18/h1-10H,(H,24,26)/b23-10+. The summed E-state index contributed by atoms with van der Waals surface area (Å²) in [5, 5.41) is 16.2. The Bertz CT molecular complexity index is 1100. The summed E-state index contributed by atoms with van der Waals surface area (Å²) in [6.45, 7) is 0. The number of halogens is 2. The average Bonchev–Trinajstić information content (AvgIpc) is 2.69. The number of nitrogens with zero attached hydrogens (tertiary/aromatic N) is 4. The predicted octanol–water partition coefficient (Wildman–Crippen LogP) is 4.61. The highest BCUT2D eigenvalue weighted by Gasteiger charge is 2.16. The number of amides is 1. The van der Waals surface area contributed by atoms with Crippen LogP contribution in [0.4, 0.5) is 5.69 Å². The fraction of sp³-hybridized carbons (Fsp3) is 0. The highest BCUT2D eigenvalue weighted by Crippen LogP contribution is 2.33. The molecule has 29 heavy (non-hydrogen) atoms. The maximum absolute atomic E-state index is 12.1. The lowest BCUT2D eigenvalue weighted by Crippen LogP contribution is -2.18. The fourth-order valence-corrected chi connectivity index (χ4v) is 3.47. The molecular weight excluding hydrogens is 437 g/mol. The third-order valence-electron chi connectivity index (χ3n) is 3.48. The fourth-order valence-electron chi connectivity index (χ4n) is 2.18. The molecule has 8 nitrogen and oxygen atoms in total. The lowest BCUT2D eigenvalue weighted by Gasteiger charge is -2.04. The summed E-state index contributed by atoms with van der Waals surface area (Å²) in [7, 11) is 0. The number of hydrogen-bond donors (Lipinski definition) is 1. The van der Waals surface area contributed by atoms with Crippen LogP contribution >= 0.6 is 35.0 Å². The molecule has 0 unspecified atom stereocenters. The monoisotopic (exact) mass is 447 g/mol. The van der Waals surface area contributed by atoms with Gasteiger partial charge in [-0.3, -0.25) is 14.9 Å². The van der Waals surface area contributed by atoms with E-state index in [2.05, 4.69) is 20.5 Å². The molecule has 0 bridgehead atoms. The molecule has 146 valence electrons. The van der Waals surface area contributed by atoms with Gasteiger partial charge in [0.1, 0.15) is 0 Å². The molecule has 0 radical (unpaired) electrons. The zero-order valence-corrected chi connectivity index (χ0v) is 16.8. The first kappa shape index (κ1) is 20.7. The molecule has 0 saturated carbocycles. The number of carbonyl (C=O) groups excluding carboxylic acids is 1. The Hall–Kier alpha value is -3.01. The van der Waals surface area contributed by atoms with Crippen molar-refractivity contribution in [3.63, 3.8) is 0 Å². The number of rotatable bonds is 6. The number of benzene rings is 2. The van der Waals surface area contributed by atoms with Crippen molar-refractivity contribution in [3.8, 4) is 0 Å². The van der Waals surface area contributed by atoms with Gasteiger partial charge < -0.3 is 0 Å². The van der Waals surface area contributed by atoms with Crippen LogP contribution in [0.2, 0.25) is 10.0 Å². The topological polar surface area (TPSA) is 110 Å². The van der Waals surface area contributed by atoms with Crippen molar-refractivity contribution in [2.45, 2.75) is 10.1 Å². The molecule has 1 heterocycles. The Morgan fingerprint density at radius 1 is 1.17 bits per heavy atom. The Balaban J connectivity index is 1.74. The quantitative estimate of drug-likeness (QED) is 0.255. The third kappa shape index (κ3) is 5.50. The van der Waals surface area contributed by atoms with Gasteiger partial charge in [-0.05, 0) is 42.1 Å². The molecule has 1 amide bonds. The van der Waals surface area contributed by atoms with E-state index < -0.39 is 10.8 Å². The van der Waals surface area contributed by atoms with E-state index in [1.165, 1.54) is 30.5 Å². The smallest absolute Gasteiger partial charge is 0.267 e. The Kier molecular flexibility index (Phi) is 6.76. The first-order valence-corrected chi connectivity index (χ1v) is 9.53. The number of nitro benzene ring substituents is 1. The van der Waals surface area contributed by atoms with Gasteiger partial charge in [0.05, 0.1) is 26.6 Å². The lowest BCUT2D eigenvalue weighted by atomic mass is 10.2. The minimum atomic E-state index is -0.536. The predicted molar refractivity (Wildman–Crippen MR) is 111 cm³/mol. The maximum Gasteiger partial charge on any atom is 0.283 e. The largest absolute Gasteiger partial charge is 0.283 e. The van der Waals surface area contributed by atoms with E-state index >= 15 is 0 Å². The first-order valence-electron chi connectivity index (χ1n) is 7.96. The Labute approximate surface area is 179 Å². The zero-order valence-electron chi connectivity index (χ0n) is 14.5. The van der Waals surface area contributed by atoms with Crippen LogP contribution < -0.4 is 5.43 Å². The molecule has 11 heteroatoms. The van der Waals surface area contributed by atoms with Crippen LogP contribution in [0, 0.1) is 10.1 Å². The van der Waals surface area contributed by atoms with Gasteiger partial charge in [0.25, 0.3) is 11.6 Å². The summed E-state index contributed by atoms with van der Waals surface area (Å²) in [6, 6.07) is 10.6. The summed E-state index contributed by atoms with van der Waals surface area (Å²) in [5.74, 6) is -0.536. The van der Waals surface area contributed by atoms with Crippen LogP contribution in [0.1, 0.15) is 15.9 Å². The van der Waals surface area contributed by atoms with E-state index in [1.807, 2.05) is 0 Å². The third-order valence-corrected chi connectivity index (χ3v) is 4.98. The summed E-state index contributed by atoms with van der Waals surface area (Å²) in [5.41, 5.74) is 2.82.